The molecule has 7 nitrogen and oxygen atoms in total. The van der Waals surface area contributed by atoms with Crippen molar-refractivity contribution in [1.82, 2.24) is 19.8 Å². The number of carbonyl (C=O) groups excluding carboxylic acids is 2. The number of aromatic nitrogens is 2. The lowest BCUT2D eigenvalue weighted by atomic mass is 10.0. The van der Waals surface area contributed by atoms with E-state index in [0.717, 1.165) is 0 Å². The van der Waals surface area contributed by atoms with Gasteiger partial charge in [-0.3, -0.25) is 9.59 Å². The number of hydrogen-bond donors (Lipinski definition) is 1. The van der Waals surface area contributed by atoms with Crippen molar-refractivity contribution in [1.29, 1.82) is 0 Å². The van der Waals surface area contributed by atoms with Gasteiger partial charge in [-0.2, -0.15) is 8.78 Å². The highest BCUT2D eigenvalue weighted by Gasteiger charge is 2.26. The fourth-order valence-corrected chi connectivity index (χ4v) is 4.18. The van der Waals surface area contributed by atoms with Crippen LogP contribution in [-0.4, -0.2) is 51.2 Å². The Morgan fingerprint density at radius 3 is 2.67 bits per heavy atom. The third kappa shape index (κ3) is 4.48. The molecule has 10 heteroatoms. The van der Waals surface area contributed by atoms with E-state index in [1.54, 1.807) is 41.3 Å². The van der Waals surface area contributed by atoms with Crippen molar-refractivity contribution >= 4 is 34.6 Å². The van der Waals surface area contributed by atoms with Crippen LogP contribution >= 0.6 is 11.8 Å². The summed E-state index contributed by atoms with van der Waals surface area (Å²) < 4.78 is 32.5. The van der Waals surface area contributed by atoms with Gasteiger partial charge in [0.15, 0.2) is 10.9 Å². The molecule has 0 unspecified atom stereocenters. The molecule has 3 aromatic rings. The summed E-state index contributed by atoms with van der Waals surface area (Å²) in [6.07, 6.45) is 2.68. The van der Waals surface area contributed by atoms with Gasteiger partial charge in [-0.25, -0.2) is 4.98 Å². The van der Waals surface area contributed by atoms with E-state index in [2.05, 4.69) is 10.3 Å². The lowest BCUT2D eigenvalue weighted by Crippen LogP contribution is -2.47. The van der Waals surface area contributed by atoms with E-state index in [0.29, 0.717) is 54.5 Å². The summed E-state index contributed by atoms with van der Waals surface area (Å²) in [6.45, 7) is 0.914. The molecule has 2 aromatic heterocycles. The second-order valence-corrected chi connectivity index (χ2v) is 7.92. The van der Waals surface area contributed by atoms with E-state index in [1.807, 2.05) is 0 Å². The predicted octanol–water partition coefficient (Wildman–Crippen LogP) is 3.37. The highest BCUT2D eigenvalue weighted by atomic mass is 32.2. The topological polar surface area (TPSA) is 80.4 Å². The Morgan fingerprint density at radius 2 is 1.97 bits per heavy atom. The van der Waals surface area contributed by atoms with Gasteiger partial charge in [-0.1, -0.05) is 12.1 Å². The van der Waals surface area contributed by atoms with Crippen LogP contribution in [0.15, 0.2) is 52.2 Å². The second-order valence-electron chi connectivity index (χ2n) is 6.96. The molecule has 4 rings (SSSR count). The zero-order chi connectivity index (χ0) is 21.1. The Hall–Kier alpha value is -2.88. The third-order valence-corrected chi connectivity index (χ3v) is 5.70. The minimum Gasteiger partial charge on any atom is -0.459 e. The van der Waals surface area contributed by atoms with Crippen LogP contribution < -0.4 is 5.32 Å². The van der Waals surface area contributed by atoms with Gasteiger partial charge in [0.2, 0.25) is 5.91 Å². The first-order chi connectivity index (χ1) is 14.5. The number of amides is 2. The smallest absolute Gasteiger partial charge is 0.291 e. The number of nitrogens with zero attached hydrogens (tertiary/aromatic N) is 3. The number of fused-ring (bicyclic) bond motifs is 1. The number of likely N-dealkylation sites (tertiary alicyclic amines) is 1. The van der Waals surface area contributed by atoms with Crippen molar-refractivity contribution in [2.75, 3.05) is 13.1 Å². The maximum atomic E-state index is 12.9. The van der Waals surface area contributed by atoms with Crippen LogP contribution in [0.4, 0.5) is 8.78 Å². The van der Waals surface area contributed by atoms with E-state index in [1.165, 1.54) is 10.8 Å². The molecule has 0 radical (unpaired) electrons. The molecule has 30 heavy (non-hydrogen) atoms. The van der Waals surface area contributed by atoms with Crippen LogP contribution in [0.2, 0.25) is 0 Å². The van der Waals surface area contributed by atoms with Crippen LogP contribution in [0.5, 0.6) is 0 Å². The number of rotatable bonds is 6. The molecule has 0 atom stereocenters. The van der Waals surface area contributed by atoms with E-state index in [-0.39, 0.29) is 29.6 Å². The fraction of sp³-hybridized carbons (Fsp3) is 0.350. The third-order valence-electron chi connectivity index (χ3n) is 4.99. The van der Waals surface area contributed by atoms with Crippen molar-refractivity contribution < 1.29 is 22.8 Å². The number of hydrogen-bond acceptors (Lipinski definition) is 5. The molecule has 0 aliphatic carbocycles. The molecule has 1 aliphatic rings. The Morgan fingerprint density at radius 1 is 1.20 bits per heavy atom. The maximum absolute atomic E-state index is 12.9. The number of imidazole rings is 1. The zero-order valence-corrected chi connectivity index (χ0v) is 16.8. The minimum atomic E-state index is -2.63. The van der Waals surface area contributed by atoms with E-state index in [9.17, 15) is 18.4 Å². The van der Waals surface area contributed by atoms with Gasteiger partial charge in [-0.15, -0.1) is 0 Å². The normalized spacial score (nSPS) is 15.1. The number of para-hydroxylation sites is 2. The number of carbonyl (C=O) groups is 2. The number of halogens is 2. The van der Waals surface area contributed by atoms with E-state index in [4.69, 9.17) is 4.42 Å². The second kappa shape index (κ2) is 8.86. The summed E-state index contributed by atoms with van der Waals surface area (Å²) in [4.78, 5) is 30.8. The fourth-order valence-electron chi connectivity index (χ4n) is 3.58. The lowest BCUT2D eigenvalue weighted by molar-refractivity contribution is -0.122. The molecule has 158 valence electrons. The van der Waals surface area contributed by atoms with Crippen LogP contribution in [-0.2, 0) is 11.3 Å². The number of benzene rings is 1. The monoisotopic (exact) mass is 434 g/mol. The average molecular weight is 434 g/mol. The molecule has 0 spiro atoms. The molecule has 1 fully saturated rings. The van der Waals surface area contributed by atoms with Crippen molar-refractivity contribution in [3.63, 3.8) is 0 Å². The molecule has 1 saturated heterocycles. The standard InChI is InChI=1S/C20H20F2N4O3S/c21-19(22)30-20-24-14-4-1-2-5-15(14)26(20)12-17(27)23-13-7-9-25(10-8-13)18(28)16-6-3-11-29-16/h1-6,11,13,19H,7-10,12H2,(H,23,27). The van der Waals surface area contributed by atoms with Crippen LogP contribution in [0, 0.1) is 0 Å². The van der Waals surface area contributed by atoms with Crippen molar-refractivity contribution in [3.05, 3.63) is 48.4 Å². The largest absolute Gasteiger partial charge is 0.459 e. The molecule has 0 bridgehead atoms. The Bertz CT molecular complexity index is 1030. The van der Waals surface area contributed by atoms with Crippen LogP contribution in [0.3, 0.4) is 0 Å². The highest BCUT2D eigenvalue weighted by molar-refractivity contribution is 7.99. The summed E-state index contributed by atoms with van der Waals surface area (Å²) >= 11 is 0.326. The van der Waals surface area contributed by atoms with Gasteiger partial charge in [-0.05, 0) is 48.9 Å². The molecular formula is C20H20F2N4O3S. The first kappa shape index (κ1) is 20.4. The Kier molecular flexibility index (Phi) is 6.03. The number of furan rings is 1. The Balaban J connectivity index is 1.37. The Labute approximate surface area is 175 Å². The molecule has 0 saturated carbocycles. The first-order valence-electron chi connectivity index (χ1n) is 9.53. The number of alkyl halides is 2. The van der Waals surface area contributed by atoms with Gasteiger partial charge >= 0.3 is 0 Å². The summed E-state index contributed by atoms with van der Waals surface area (Å²) in [5.41, 5.74) is 1.20. The SMILES string of the molecule is O=C(Cn1c(SC(F)F)nc2ccccc21)NC1CCN(C(=O)c2ccco2)CC1. The zero-order valence-electron chi connectivity index (χ0n) is 16.0. The van der Waals surface area contributed by atoms with Crippen molar-refractivity contribution in [2.24, 2.45) is 0 Å². The molecule has 1 aromatic carbocycles. The molecule has 1 N–H and O–H groups in total. The van der Waals surface area contributed by atoms with Gasteiger partial charge in [0.05, 0.1) is 17.3 Å². The summed E-state index contributed by atoms with van der Waals surface area (Å²) in [5.74, 6) is -2.76. The predicted molar refractivity (Wildman–Crippen MR) is 107 cm³/mol. The molecule has 3 heterocycles. The highest BCUT2D eigenvalue weighted by Crippen LogP contribution is 2.28. The number of thioether (sulfide) groups is 1. The van der Waals surface area contributed by atoms with Crippen molar-refractivity contribution in [2.45, 2.75) is 36.3 Å². The van der Waals surface area contributed by atoms with Gasteiger partial charge in [0.25, 0.3) is 11.7 Å². The summed E-state index contributed by atoms with van der Waals surface area (Å²) in [5, 5.41) is 3.06. The van der Waals surface area contributed by atoms with Crippen LogP contribution in [0.1, 0.15) is 23.4 Å². The lowest BCUT2D eigenvalue weighted by Gasteiger charge is -2.32. The number of nitrogens with one attached hydrogen (secondary N) is 1. The van der Waals surface area contributed by atoms with E-state index >= 15 is 0 Å². The van der Waals surface area contributed by atoms with E-state index < -0.39 is 5.76 Å². The number of piperidine rings is 1. The van der Waals surface area contributed by atoms with Gasteiger partial charge in [0.1, 0.15) is 6.54 Å². The maximum Gasteiger partial charge on any atom is 0.291 e. The minimum absolute atomic E-state index is 0.0841. The molecular weight excluding hydrogens is 414 g/mol. The van der Waals surface area contributed by atoms with Crippen LogP contribution in [0.25, 0.3) is 11.0 Å². The quantitative estimate of drug-likeness (QED) is 0.602. The van der Waals surface area contributed by atoms with Gasteiger partial charge < -0.3 is 19.2 Å². The first-order valence-corrected chi connectivity index (χ1v) is 10.4. The average Bonchev–Trinajstić information content (AvgIpc) is 3.37. The summed E-state index contributed by atoms with van der Waals surface area (Å²) in [7, 11) is 0. The summed E-state index contributed by atoms with van der Waals surface area (Å²) in [6, 6.07) is 10.2. The van der Waals surface area contributed by atoms with Gasteiger partial charge in [0, 0.05) is 19.1 Å². The van der Waals surface area contributed by atoms with Crippen molar-refractivity contribution in [3.8, 4) is 0 Å². The molecule has 2 amide bonds. The molecule has 1 aliphatic heterocycles.